The van der Waals surface area contributed by atoms with Gasteiger partial charge in [-0.2, -0.15) is 0 Å². The van der Waals surface area contributed by atoms with E-state index in [9.17, 15) is 4.79 Å². The van der Waals surface area contributed by atoms with Gasteiger partial charge in [0.15, 0.2) is 0 Å². The van der Waals surface area contributed by atoms with Crippen molar-refractivity contribution in [1.29, 1.82) is 0 Å². The number of rotatable bonds is 3. The van der Waals surface area contributed by atoms with E-state index in [4.69, 9.17) is 9.47 Å². The molecule has 22 heavy (non-hydrogen) atoms. The number of ether oxygens (including phenoxy) is 2. The largest absolute Gasteiger partial charge is 0.497 e. The number of aromatic nitrogens is 1. The highest BCUT2D eigenvalue weighted by Gasteiger charge is 2.24. The molecule has 1 aliphatic heterocycles. The Morgan fingerprint density at radius 1 is 1.41 bits per heavy atom. The molecule has 5 nitrogen and oxygen atoms in total. The first kappa shape index (κ1) is 15.0. The van der Waals surface area contributed by atoms with Crippen LogP contribution in [-0.2, 0) is 4.74 Å². The van der Waals surface area contributed by atoms with Gasteiger partial charge in [-0.3, -0.25) is 4.79 Å². The number of hydrogen-bond acceptors (Lipinski definition) is 5. The Bertz CT molecular complexity index is 654. The van der Waals surface area contributed by atoms with Gasteiger partial charge in [0, 0.05) is 24.0 Å². The van der Waals surface area contributed by atoms with E-state index in [-0.39, 0.29) is 12.0 Å². The van der Waals surface area contributed by atoms with E-state index in [0.717, 1.165) is 16.3 Å². The van der Waals surface area contributed by atoms with Crippen molar-refractivity contribution >= 4 is 17.2 Å². The number of carbonyl (C=O) groups is 1. The number of benzene rings is 1. The molecule has 1 aliphatic rings. The van der Waals surface area contributed by atoms with Gasteiger partial charge in [-0.15, -0.1) is 11.3 Å². The standard InChI is InChI=1S/C16H18N2O3S/c1-11-9-18(7-8-21-11)16(19)14-10-22-15(17-14)12-3-5-13(20-2)6-4-12/h3-6,10-11H,7-9H2,1-2H3/t11-/m0/s1. The fraction of sp³-hybridized carbons (Fsp3) is 0.375. The summed E-state index contributed by atoms with van der Waals surface area (Å²) in [6, 6.07) is 7.68. The van der Waals surface area contributed by atoms with E-state index in [1.54, 1.807) is 12.0 Å². The molecule has 0 bridgehead atoms. The Kier molecular flexibility index (Phi) is 4.40. The van der Waals surface area contributed by atoms with Crippen LogP contribution < -0.4 is 4.74 Å². The average molecular weight is 318 g/mol. The first-order valence-electron chi connectivity index (χ1n) is 7.18. The second-order valence-corrected chi connectivity index (χ2v) is 6.06. The highest BCUT2D eigenvalue weighted by atomic mass is 32.1. The second-order valence-electron chi connectivity index (χ2n) is 5.20. The number of carbonyl (C=O) groups excluding carboxylic acids is 1. The summed E-state index contributed by atoms with van der Waals surface area (Å²) in [4.78, 5) is 18.8. The molecular formula is C16H18N2O3S. The van der Waals surface area contributed by atoms with Crippen LogP contribution in [0.1, 0.15) is 17.4 Å². The minimum Gasteiger partial charge on any atom is -0.497 e. The maximum absolute atomic E-state index is 12.5. The first-order chi connectivity index (χ1) is 10.7. The molecule has 2 heterocycles. The van der Waals surface area contributed by atoms with Crippen molar-refractivity contribution in [3.05, 3.63) is 35.3 Å². The zero-order valence-electron chi connectivity index (χ0n) is 12.6. The summed E-state index contributed by atoms with van der Waals surface area (Å²) in [6.45, 7) is 3.80. The van der Waals surface area contributed by atoms with Crippen molar-refractivity contribution in [3.63, 3.8) is 0 Å². The van der Waals surface area contributed by atoms with Gasteiger partial charge in [-0.1, -0.05) is 0 Å². The lowest BCUT2D eigenvalue weighted by Crippen LogP contribution is -2.44. The predicted octanol–water partition coefficient (Wildman–Crippen LogP) is 2.68. The lowest BCUT2D eigenvalue weighted by molar-refractivity contribution is -0.0126. The lowest BCUT2D eigenvalue weighted by atomic mass is 10.2. The molecule has 1 aromatic heterocycles. The molecule has 0 N–H and O–H groups in total. The number of morpholine rings is 1. The molecule has 1 atom stereocenters. The van der Waals surface area contributed by atoms with Crippen molar-refractivity contribution in [2.45, 2.75) is 13.0 Å². The zero-order chi connectivity index (χ0) is 15.5. The zero-order valence-corrected chi connectivity index (χ0v) is 13.4. The maximum atomic E-state index is 12.5. The van der Waals surface area contributed by atoms with Gasteiger partial charge in [-0.25, -0.2) is 4.98 Å². The topological polar surface area (TPSA) is 51.7 Å². The monoisotopic (exact) mass is 318 g/mol. The quantitative estimate of drug-likeness (QED) is 0.873. The van der Waals surface area contributed by atoms with Crippen molar-refractivity contribution in [1.82, 2.24) is 9.88 Å². The number of nitrogens with zero attached hydrogens (tertiary/aromatic N) is 2. The molecule has 6 heteroatoms. The van der Waals surface area contributed by atoms with Crippen LogP contribution in [0.15, 0.2) is 29.6 Å². The highest BCUT2D eigenvalue weighted by molar-refractivity contribution is 7.13. The molecule has 1 saturated heterocycles. The smallest absolute Gasteiger partial charge is 0.273 e. The molecule has 0 aliphatic carbocycles. The molecule has 1 aromatic carbocycles. The van der Waals surface area contributed by atoms with Crippen LogP contribution in [0.5, 0.6) is 5.75 Å². The molecule has 0 radical (unpaired) electrons. The van der Waals surface area contributed by atoms with Gasteiger partial charge >= 0.3 is 0 Å². The summed E-state index contributed by atoms with van der Waals surface area (Å²) < 4.78 is 10.6. The number of methoxy groups -OCH3 is 1. The summed E-state index contributed by atoms with van der Waals surface area (Å²) in [5.41, 5.74) is 1.49. The molecule has 0 saturated carbocycles. The third-order valence-electron chi connectivity index (χ3n) is 3.59. The maximum Gasteiger partial charge on any atom is 0.273 e. The van der Waals surface area contributed by atoms with Crippen molar-refractivity contribution in [3.8, 4) is 16.3 Å². The Labute approximate surface area is 133 Å². The van der Waals surface area contributed by atoms with Crippen LogP contribution in [0.3, 0.4) is 0 Å². The van der Waals surface area contributed by atoms with Gasteiger partial charge in [0.05, 0.1) is 19.8 Å². The molecule has 2 aromatic rings. The summed E-state index contributed by atoms with van der Waals surface area (Å²) in [7, 11) is 1.64. The summed E-state index contributed by atoms with van der Waals surface area (Å²) in [6.07, 6.45) is 0.0809. The third kappa shape index (κ3) is 3.13. The van der Waals surface area contributed by atoms with Crippen LogP contribution in [-0.4, -0.2) is 48.7 Å². The summed E-state index contributed by atoms with van der Waals surface area (Å²) >= 11 is 1.48. The Balaban J connectivity index is 1.76. The highest BCUT2D eigenvalue weighted by Crippen LogP contribution is 2.26. The van der Waals surface area contributed by atoms with E-state index in [2.05, 4.69) is 4.98 Å². The number of amides is 1. The van der Waals surface area contributed by atoms with Crippen LogP contribution >= 0.6 is 11.3 Å². The Hall–Kier alpha value is -1.92. The van der Waals surface area contributed by atoms with Crippen molar-refractivity contribution in [2.24, 2.45) is 0 Å². The lowest BCUT2D eigenvalue weighted by Gasteiger charge is -2.30. The number of hydrogen-bond donors (Lipinski definition) is 0. The molecular weight excluding hydrogens is 300 g/mol. The van der Waals surface area contributed by atoms with E-state index in [1.165, 1.54) is 11.3 Å². The molecule has 0 spiro atoms. The van der Waals surface area contributed by atoms with Gasteiger partial charge in [0.2, 0.25) is 0 Å². The van der Waals surface area contributed by atoms with Gasteiger partial charge in [0.1, 0.15) is 16.5 Å². The van der Waals surface area contributed by atoms with Crippen LogP contribution in [0, 0.1) is 0 Å². The predicted molar refractivity (Wildman–Crippen MR) is 85.4 cm³/mol. The van der Waals surface area contributed by atoms with Crippen molar-refractivity contribution in [2.75, 3.05) is 26.8 Å². The van der Waals surface area contributed by atoms with Crippen LogP contribution in [0.2, 0.25) is 0 Å². The first-order valence-corrected chi connectivity index (χ1v) is 8.06. The van der Waals surface area contributed by atoms with E-state index >= 15 is 0 Å². The van der Waals surface area contributed by atoms with E-state index < -0.39 is 0 Å². The van der Waals surface area contributed by atoms with Crippen molar-refractivity contribution < 1.29 is 14.3 Å². The van der Waals surface area contributed by atoms with E-state index in [0.29, 0.717) is 25.4 Å². The van der Waals surface area contributed by atoms with Gasteiger partial charge < -0.3 is 14.4 Å². The van der Waals surface area contributed by atoms with Gasteiger partial charge in [-0.05, 0) is 31.2 Å². The Morgan fingerprint density at radius 3 is 2.86 bits per heavy atom. The summed E-state index contributed by atoms with van der Waals surface area (Å²) in [5, 5.41) is 2.66. The van der Waals surface area contributed by atoms with Crippen LogP contribution in [0.25, 0.3) is 10.6 Å². The van der Waals surface area contributed by atoms with Gasteiger partial charge in [0.25, 0.3) is 5.91 Å². The fourth-order valence-electron chi connectivity index (χ4n) is 2.40. The van der Waals surface area contributed by atoms with Crippen LogP contribution in [0.4, 0.5) is 0 Å². The number of thiazole rings is 1. The molecule has 0 unspecified atom stereocenters. The second kappa shape index (κ2) is 6.46. The molecule has 1 fully saturated rings. The third-order valence-corrected chi connectivity index (χ3v) is 4.48. The fourth-order valence-corrected chi connectivity index (χ4v) is 3.20. The SMILES string of the molecule is COc1ccc(-c2nc(C(=O)N3CCO[C@@H](C)C3)cs2)cc1. The molecule has 1 amide bonds. The van der Waals surface area contributed by atoms with E-state index in [1.807, 2.05) is 36.6 Å². The summed E-state index contributed by atoms with van der Waals surface area (Å²) in [5.74, 6) is 0.782. The normalized spacial score (nSPS) is 18.3. The minimum absolute atomic E-state index is 0.0221. The molecule has 116 valence electrons. The minimum atomic E-state index is -0.0221. The average Bonchev–Trinajstić information content (AvgIpc) is 3.04. The molecule has 3 rings (SSSR count). The Morgan fingerprint density at radius 2 is 2.18 bits per heavy atom.